The average Bonchev–Trinajstić information content (AvgIpc) is 2.92. The van der Waals surface area contributed by atoms with E-state index in [0.29, 0.717) is 17.9 Å². The van der Waals surface area contributed by atoms with Gasteiger partial charge in [0.25, 0.3) is 11.8 Å². The highest BCUT2D eigenvalue weighted by Gasteiger charge is 2.32. The molecule has 0 bridgehead atoms. The Morgan fingerprint density at radius 2 is 1.59 bits per heavy atom. The molecule has 0 saturated heterocycles. The number of hydrogen-bond donors (Lipinski definition) is 0. The van der Waals surface area contributed by atoms with E-state index >= 15 is 0 Å². The molecule has 1 heterocycles. The van der Waals surface area contributed by atoms with Crippen molar-refractivity contribution in [3.8, 4) is 5.75 Å². The number of unbranched alkanes of at least 4 members (excludes halogenated alkanes) is 5. The van der Waals surface area contributed by atoms with Crippen molar-refractivity contribution in [2.75, 3.05) is 6.61 Å². The standard InChI is InChI=1S/C19H25NO6S/c1-3-4-5-6-7-8-13-25-16-9-10-17(15(2)14-16)27(23,24)26-20-18(21)11-12-19(20)22/h9-12,14H,3-8,13H2,1-2H3. The molecule has 7 nitrogen and oxygen atoms in total. The van der Waals surface area contributed by atoms with Gasteiger partial charge in [0.1, 0.15) is 5.75 Å². The van der Waals surface area contributed by atoms with Crippen LogP contribution in [0.4, 0.5) is 0 Å². The number of imide groups is 1. The molecule has 0 atom stereocenters. The lowest BCUT2D eigenvalue weighted by atomic mass is 10.1. The van der Waals surface area contributed by atoms with Crippen LogP contribution in [0.25, 0.3) is 0 Å². The third-order valence-corrected chi connectivity index (χ3v) is 5.47. The van der Waals surface area contributed by atoms with Crippen molar-refractivity contribution in [1.82, 2.24) is 5.06 Å². The summed E-state index contributed by atoms with van der Waals surface area (Å²) in [6.07, 6.45) is 8.83. The maximum Gasteiger partial charge on any atom is 0.318 e. The minimum atomic E-state index is -4.31. The van der Waals surface area contributed by atoms with Gasteiger partial charge >= 0.3 is 10.1 Å². The number of carbonyl (C=O) groups excluding carboxylic acids is 2. The summed E-state index contributed by atoms with van der Waals surface area (Å²) in [6.45, 7) is 4.34. The summed E-state index contributed by atoms with van der Waals surface area (Å²) >= 11 is 0. The van der Waals surface area contributed by atoms with Gasteiger partial charge in [0.2, 0.25) is 0 Å². The SMILES string of the molecule is CCCCCCCCOc1ccc(S(=O)(=O)ON2C(=O)C=CC2=O)c(C)c1. The number of aryl methyl sites for hydroxylation is 1. The molecule has 0 spiro atoms. The summed E-state index contributed by atoms with van der Waals surface area (Å²) in [7, 11) is -4.31. The van der Waals surface area contributed by atoms with Gasteiger partial charge in [0, 0.05) is 12.2 Å². The van der Waals surface area contributed by atoms with Crippen LogP contribution in [0.15, 0.2) is 35.2 Å². The van der Waals surface area contributed by atoms with Crippen LogP contribution in [0, 0.1) is 6.92 Å². The molecule has 0 aliphatic carbocycles. The van der Waals surface area contributed by atoms with Gasteiger partial charge in [0.15, 0.2) is 0 Å². The fourth-order valence-corrected chi connectivity index (χ4v) is 3.77. The van der Waals surface area contributed by atoms with E-state index in [1.807, 2.05) is 0 Å². The van der Waals surface area contributed by atoms with Gasteiger partial charge in [-0.3, -0.25) is 9.59 Å². The first kappa shape index (κ1) is 21.1. The molecule has 0 saturated carbocycles. The van der Waals surface area contributed by atoms with Crippen molar-refractivity contribution >= 4 is 21.9 Å². The molecule has 1 aromatic rings. The van der Waals surface area contributed by atoms with Gasteiger partial charge in [-0.15, -0.1) is 9.35 Å². The quantitative estimate of drug-likeness (QED) is 0.422. The summed E-state index contributed by atoms with van der Waals surface area (Å²) in [5.41, 5.74) is 0.405. The Balaban J connectivity index is 1.91. The molecule has 1 aromatic carbocycles. The molecular formula is C19H25NO6S. The van der Waals surface area contributed by atoms with Crippen LogP contribution in [0.5, 0.6) is 5.75 Å². The fourth-order valence-electron chi connectivity index (χ4n) is 2.66. The highest BCUT2D eigenvalue weighted by atomic mass is 32.2. The molecule has 2 amide bonds. The van der Waals surface area contributed by atoms with E-state index in [1.165, 1.54) is 37.8 Å². The summed E-state index contributed by atoms with van der Waals surface area (Å²) in [6, 6.07) is 4.48. The molecule has 2 rings (SSSR count). The molecule has 1 aliphatic heterocycles. The number of amides is 2. The number of ether oxygens (including phenoxy) is 1. The first-order valence-corrected chi connectivity index (χ1v) is 10.5. The Labute approximate surface area is 160 Å². The third-order valence-electron chi connectivity index (χ3n) is 4.12. The largest absolute Gasteiger partial charge is 0.494 e. The predicted molar refractivity (Wildman–Crippen MR) is 99.3 cm³/mol. The summed E-state index contributed by atoms with van der Waals surface area (Å²) in [5, 5.41) is 0.220. The molecular weight excluding hydrogens is 370 g/mol. The van der Waals surface area contributed by atoms with E-state index in [0.717, 1.165) is 25.0 Å². The lowest BCUT2D eigenvalue weighted by molar-refractivity contribution is -0.161. The number of benzene rings is 1. The van der Waals surface area contributed by atoms with E-state index in [1.54, 1.807) is 13.0 Å². The summed E-state index contributed by atoms with van der Waals surface area (Å²) < 4.78 is 35.1. The molecule has 0 aromatic heterocycles. The Hall–Kier alpha value is -2.19. The highest BCUT2D eigenvalue weighted by molar-refractivity contribution is 7.86. The predicted octanol–water partition coefficient (Wildman–Crippen LogP) is 3.28. The van der Waals surface area contributed by atoms with Crippen LogP contribution in [0.1, 0.15) is 51.0 Å². The minimum absolute atomic E-state index is 0.123. The zero-order chi connectivity index (χ0) is 19.9. The highest BCUT2D eigenvalue weighted by Crippen LogP contribution is 2.24. The van der Waals surface area contributed by atoms with E-state index in [9.17, 15) is 18.0 Å². The molecule has 1 aliphatic rings. The molecule has 0 fully saturated rings. The van der Waals surface area contributed by atoms with Crippen LogP contribution >= 0.6 is 0 Å². The average molecular weight is 395 g/mol. The van der Waals surface area contributed by atoms with Crippen molar-refractivity contribution in [2.24, 2.45) is 0 Å². The van der Waals surface area contributed by atoms with Gasteiger partial charge in [-0.2, -0.15) is 8.42 Å². The van der Waals surface area contributed by atoms with Crippen molar-refractivity contribution in [3.05, 3.63) is 35.9 Å². The lowest BCUT2D eigenvalue weighted by Gasteiger charge is -2.15. The van der Waals surface area contributed by atoms with Crippen molar-refractivity contribution in [1.29, 1.82) is 0 Å². The molecule has 8 heteroatoms. The van der Waals surface area contributed by atoms with Crippen molar-refractivity contribution in [3.63, 3.8) is 0 Å². The van der Waals surface area contributed by atoms with Crippen LogP contribution in [-0.2, 0) is 24.0 Å². The first-order valence-electron chi connectivity index (χ1n) is 9.09. The second kappa shape index (κ2) is 9.66. The molecule has 0 unspecified atom stereocenters. The molecule has 0 N–H and O–H groups in total. The zero-order valence-electron chi connectivity index (χ0n) is 15.6. The Morgan fingerprint density at radius 1 is 0.963 bits per heavy atom. The number of hydrogen-bond acceptors (Lipinski definition) is 6. The number of hydroxylamine groups is 2. The second-order valence-electron chi connectivity index (χ2n) is 6.38. The molecule has 0 radical (unpaired) electrons. The van der Waals surface area contributed by atoms with Gasteiger partial charge in [-0.05, 0) is 37.1 Å². The Morgan fingerprint density at radius 3 is 2.22 bits per heavy atom. The maximum absolute atomic E-state index is 12.4. The lowest BCUT2D eigenvalue weighted by Crippen LogP contribution is -2.33. The monoisotopic (exact) mass is 395 g/mol. The van der Waals surface area contributed by atoms with Gasteiger partial charge in [0.05, 0.1) is 11.5 Å². The van der Waals surface area contributed by atoms with Crippen LogP contribution in [-0.4, -0.2) is 31.9 Å². The molecule has 148 valence electrons. The van der Waals surface area contributed by atoms with E-state index < -0.39 is 21.9 Å². The Kier molecular flexibility index (Phi) is 7.55. The third kappa shape index (κ3) is 5.90. The summed E-state index contributed by atoms with van der Waals surface area (Å²) in [4.78, 5) is 22.8. The topological polar surface area (TPSA) is 90.0 Å². The van der Waals surface area contributed by atoms with Crippen LogP contribution < -0.4 is 4.74 Å². The normalized spacial score (nSPS) is 14.2. The van der Waals surface area contributed by atoms with Crippen molar-refractivity contribution < 1.29 is 27.0 Å². The smallest absolute Gasteiger partial charge is 0.318 e. The van der Waals surface area contributed by atoms with E-state index in [2.05, 4.69) is 11.2 Å². The number of rotatable bonds is 11. The minimum Gasteiger partial charge on any atom is -0.494 e. The molecule has 27 heavy (non-hydrogen) atoms. The van der Waals surface area contributed by atoms with Gasteiger partial charge in [-0.25, -0.2) is 0 Å². The van der Waals surface area contributed by atoms with E-state index in [4.69, 9.17) is 4.74 Å². The summed E-state index contributed by atoms with van der Waals surface area (Å²) in [5.74, 6) is -1.10. The number of nitrogens with zero attached hydrogens (tertiary/aromatic N) is 1. The van der Waals surface area contributed by atoms with Gasteiger partial charge < -0.3 is 4.74 Å². The van der Waals surface area contributed by atoms with E-state index in [-0.39, 0.29) is 9.96 Å². The number of carbonyl (C=O) groups is 2. The second-order valence-corrected chi connectivity index (χ2v) is 7.87. The van der Waals surface area contributed by atoms with Crippen molar-refractivity contribution in [2.45, 2.75) is 57.3 Å². The Bertz CT molecular complexity index is 797. The van der Waals surface area contributed by atoms with Crippen LogP contribution in [0.3, 0.4) is 0 Å². The fraction of sp³-hybridized carbons (Fsp3) is 0.474. The first-order chi connectivity index (χ1) is 12.8. The van der Waals surface area contributed by atoms with Gasteiger partial charge in [-0.1, -0.05) is 39.0 Å². The zero-order valence-corrected chi connectivity index (χ0v) is 16.5. The maximum atomic E-state index is 12.4. The van der Waals surface area contributed by atoms with Crippen LogP contribution in [0.2, 0.25) is 0 Å².